The summed E-state index contributed by atoms with van der Waals surface area (Å²) in [5.74, 6) is -0.243. The zero-order chi connectivity index (χ0) is 20.9. The summed E-state index contributed by atoms with van der Waals surface area (Å²) in [6.07, 6.45) is 6.52. The first-order valence-corrected chi connectivity index (χ1v) is 9.46. The summed E-state index contributed by atoms with van der Waals surface area (Å²) in [5.41, 5.74) is 1.91. The van der Waals surface area contributed by atoms with E-state index in [1.807, 2.05) is 6.07 Å². The molecule has 30 heavy (non-hydrogen) atoms. The summed E-state index contributed by atoms with van der Waals surface area (Å²) >= 11 is 0. The Bertz CT molecular complexity index is 1030. The number of amides is 1. The summed E-state index contributed by atoms with van der Waals surface area (Å²) in [4.78, 5) is 35.4. The van der Waals surface area contributed by atoms with Crippen molar-refractivity contribution >= 4 is 23.3 Å². The Hall–Kier alpha value is -3.72. The van der Waals surface area contributed by atoms with Gasteiger partial charge >= 0.3 is 5.97 Å². The third-order valence-electron chi connectivity index (χ3n) is 4.81. The lowest BCUT2D eigenvalue weighted by Gasteiger charge is -2.29. The van der Waals surface area contributed by atoms with Crippen molar-refractivity contribution in [3.63, 3.8) is 0 Å². The van der Waals surface area contributed by atoms with Crippen molar-refractivity contribution in [3.8, 4) is 5.82 Å². The van der Waals surface area contributed by atoms with Crippen LogP contribution in [-0.2, 0) is 9.47 Å². The van der Waals surface area contributed by atoms with Gasteiger partial charge in [-0.2, -0.15) is 0 Å². The fourth-order valence-corrected chi connectivity index (χ4v) is 3.20. The molecule has 0 saturated carbocycles. The van der Waals surface area contributed by atoms with Crippen LogP contribution >= 0.6 is 0 Å². The number of esters is 1. The summed E-state index contributed by atoms with van der Waals surface area (Å²) in [6, 6.07) is 8.69. The van der Waals surface area contributed by atoms with Crippen molar-refractivity contribution in [1.82, 2.24) is 14.5 Å². The second-order valence-corrected chi connectivity index (χ2v) is 6.65. The molecule has 1 aromatic carbocycles. The van der Waals surface area contributed by atoms with Gasteiger partial charge in [0.25, 0.3) is 5.91 Å². The highest BCUT2D eigenvalue weighted by molar-refractivity contribution is 6.08. The molecule has 1 aliphatic heterocycles. The van der Waals surface area contributed by atoms with Gasteiger partial charge in [-0.05, 0) is 30.3 Å². The van der Waals surface area contributed by atoms with E-state index in [-0.39, 0.29) is 11.5 Å². The van der Waals surface area contributed by atoms with Crippen LogP contribution in [0.5, 0.6) is 0 Å². The predicted molar refractivity (Wildman–Crippen MR) is 110 cm³/mol. The average Bonchev–Trinajstić information content (AvgIpc) is 3.34. The second kappa shape index (κ2) is 8.75. The number of nitrogens with zero attached hydrogens (tertiary/aromatic N) is 4. The van der Waals surface area contributed by atoms with E-state index in [0.29, 0.717) is 30.3 Å². The molecule has 0 bridgehead atoms. The van der Waals surface area contributed by atoms with Gasteiger partial charge in [0.1, 0.15) is 12.1 Å². The number of carbonyl (C=O) groups excluding carboxylic acids is 2. The van der Waals surface area contributed by atoms with Gasteiger partial charge in [0.2, 0.25) is 0 Å². The molecule has 3 heterocycles. The van der Waals surface area contributed by atoms with Crippen LogP contribution in [0.1, 0.15) is 20.7 Å². The molecule has 3 aromatic rings. The van der Waals surface area contributed by atoms with Crippen LogP contribution < -0.4 is 10.2 Å². The molecule has 1 aliphatic rings. The molecule has 9 heteroatoms. The Kier molecular flexibility index (Phi) is 5.71. The molecular weight excluding hydrogens is 386 g/mol. The number of morpholine rings is 1. The second-order valence-electron chi connectivity index (χ2n) is 6.65. The molecule has 9 nitrogen and oxygen atoms in total. The zero-order valence-electron chi connectivity index (χ0n) is 16.4. The Morgan fingerprint density at radius 1 is 1.17 bits per heavy atom. The lowest BCUT2D eigenvalue weighted by atomic mass is 10.1. The highest BCUT2D eigenvalue weighted by atomic mass is 16.5. The van der Waals surface area contributed by atoms with Crippen molar-refractivity contribution in [2.24, 2.45) is 0 Å². The largest absolute Gasteiger partial charge is 0.465 e. The van der Waals surface area contributed by atoms with Crippen molar-refractivity contribution in [2.45, 2.75) is 0 Å². The Balaban J connectivity index is 1.55. The van der Waals surface area contributed by atoms with Crippen LogP contribution in [0.4, 0.5) is 11.4 Å². The van der Waals surface area contributed by atoms with E-state index in [1.165, 1.54) is 13.3 Å². The Labute approximate surface area is 173 Å². The van der Waals surface area contributed by atoms with E-state index in [9.17, 15) is 9.59 Å². The van der Waals surface area contributed by atoms with Gasteiger partial charge in [0.15, 0.2) is 0 Å². The molecule has 1 N–H and O–H groups in total. The maximum Gasteiger partial charge on any atom is 0.340 e. The van der Waals surface area contributed by atoms with E-state index in [1.54, 1.807) is 47.6 Å². The van der Waals surface area contributed by atoms with E-state index in [4.69, 9.17) is 9.47 Å². The zero-order valence-corrected chi connectivity index (χ0v) is 16.4. The number of benzene rings is 1. The molecule has 0 radical (unpaired) electrons. The van der Waals surface area contributed by atoms with Crippen LogP contribution in [0.15, 0.2) is 55.2 Å². The predicted octanol–water partition coefficient (Wildman–Crippen LogP) is 2.14. The van der Waals surface area contributed by atoms with Gasteiger partial charge in [-0.25, -0.2) is 14.8 Å². The standard InChI is InChI=1S/C21H21N5O4/c1-29-21(28)17-12-16(25-8-10-30-11-9-25)3-4-18(17)24-20(27)15-2-5-19(23-13-15)26-7-6-22-14-26/h2-7,12-14H,8-11H2,1H3,(H,24,27). The van der Waals surface area contributed by atoms with Gasteiger partial charge in [0, 0.05) is 37.4 Å². The number of nitrogens with one attached hydrogen (secondary N) is 1. The fraction of sp³-hybridized carbons (Fsp3) is 0.238. The van der Waals surface area contributed by atoms with Crippen molar-refractivity contribution in [1.29, 1.82) is 0 Å². The molecule has 4 rings (SSSR count). The van der Waals surface area contributed by atoms with Crippen LogP contribution in [0.3, 0.4) is 0 Å². The molecule has 1 amide bonds. The smallest absolute Gasteiger partial charge is 0.340 e. The maximum absolute atomic E-state index is 12.7. The number of aromatic nitrogens is 3. The molecule has 0 spiro atoms. The summed E-state index contributed by atoms with van der Waals surface area (Å²) < 4.78 is 12.0. The van der Waals surface area contributed by atoms with Gasteiger partial charge < -0.3 is 19.7 Å². The highest BCUT2D eigenvalue weighted by Crippen LogP contribution is 2.25. The van der Waals surface area contributed by atoms with Crippen LogP contribution in [0, 0.1) is 0 Å². The summed E-state index contributed by atoms with van der Waals surface area (Å²) in [7, 11) is 1.31. The Morgan fingerprint density at radius 2 is 2.00 bits per heavy atom. The molecule has 1 fully saturated rings. The first-order valence-electron chi connectivity index (χ1n) is 9.46. The number of rotatable bonds is 5. The SMILES string of the molecule is COC(=O)c1cc(N2CCOCC2)ccc1NC(=O)c1ccc(-n2ccnc2)nc1. The molecule has 0 unspecified atom stereocenters. The highest BCUT2D eigenvalue weighted by Gasteiger charge is 2.19. The average molecular weight is 407 g/mol. The minimum absolute atomic E-state index is 0.290. The van der Waals surface area contributed by atoms with Gasteiger partial charge in [-0.15, -0.1) is 0 Å². The van der Waals surface area contributed by atoms with E-state index >= 15 is 0 Å². The molecule has 0 aliphatic carbocycles. The third-order valence-corrected chi connectivity index (χ3v) is 4.81. The first kappa shape index (κ1) is 19.6. The third kappa shape index (κ3) is 4.15. The van der Waals surface area contributed by atoms with Gasteiger partial charge in [0.05, 0.1) is 37.1 Å². The lowest BCUT2D eigenvalue weighted by molar-refractivity contribution is 0.0602. The number of methoxy groups -OCH3 is 1. The number of ether oxygens (including phenoxy) is 2. The molecule has 1 saturated heterocycles. The number of hydrogen-bond donors (Lipinski definition) is 1. The number of anilines is 2. The van der Waals surface area contributed by atoms with Crippen molar-refractivity contribution in [3.05, 3.63) is 66.4 Å². The monoisotopic (exact) mass is 407 g/mol. The van der Waals surface area contributed by atoms with E-state index in [0.717, 1.165) is 18.8 Å². The molecule has 2 aromatic heterocycles. The van der Waals surface area contributed by atoms with Crippen molar-refractivity contribution < 1.29 is 19.1 Å². The van der Waals surface area contributed by atoms with Gasteiger partial charge in [-0.3, -0.25) is 9.36 Å². The first-order chi connectivity index (χ1) is 14.7. The maximum atomic E-state index is 12.7. The number of pyridine rings is 1. The quantitative estimate of drug-likeness (QED) is 0.647. The molecule has 154 valence electrons. The minimum Gasteiger partial charge on any atom is -0.465 e. The van der Waals surface area contributed by atoms with Crippen LogP contribution in [0.25, 0.3) is 5.82 Å². The number of carbonyl (C=O) groups is 2. The Morgan fingerprint density at radius 3 is 2.67 bits per heavy atom. The minimum atomic E-state index is -0.519. The topological polar surface area (TPSA) is 98.6 Å². The van der Waals surface area contributed by atoms with E-state index in [2.05, 4.69) is 20.2 Å². The summed E-state index contributed by atoms with van der Waals surface area (Å²) in [6.45, 7) is 2.74. The molecular formula is C21H21N5O4. The van der Waals surface area contributed by atoms with Crippen LogP contribution in [-0.4, -0.2) is 59.8 Å². The van der Waals surface area contributed by atoms with Crippen LogP contribution in [0.2, 0.25) is 0 Å². The lowest BCUT2D eigenvalue weighted by Crippen LogP contribution is -2.36. The van der Waals surface area contributed by atoms with Gasteiger partial charge in [-0.1, -0.05) is 0 Å². The van der Waals surface area contributed by atoms with E-state index < -0.39 is 5.97 Å². The number of imidazole rings is 1. The fourth-order valence-electron chi connectivity index (χ4n) is 3.20. The molecule has 0 atom stereocenters. The normalized spacial score (nSPS) is 13.7. The van der Waals surface area contributed by atoms with Crippen molar-refractivity contribution in [2.75, 3.05) is 43.6 Å². The summed E-state index contributed by atoms with van der Waals surface area (Å²) in [5, 5.41) is 2.78. The number of hydrogen-bond acceptors (Lipinski definition) is 7.